The van der Waals surface area contributed by atoms with Crippen molar-refractivity contribution in [2.45, 2.75) is 52.4 Å². The molecule has 2 saturated carbocycles. The van der Waals surface area contributed by atoms with Crippen molar-refractivity contribution in [3.05, 3.63) is 0 Å². The predicted molar refractivity (Wildman–Crippen MR) is 75.5 cm³/mol. The first kappa shape index (κ1) is 13.7. The number of nitrogens with one attached hydrogen (secondary N) is 1. The standard InChI is InChI=1S/C15H28ClN/c1-15(2,6-3-7-16)11-17-10-14-9-12-4-5-13(14)8-12/h12-14,17H,3-11H2,1-2H3. The van der Waals surface area contributed by atoms with E-state index in [9.17, 15) is 0 Å². The Hall–Kier alpha value is 0.250. The van der Waals surface area contributed by atoms with Gasteiger partial charge in [0.1, 0.15) is 0 Å². The Labute approximate surface area is 112 Å². The minimum Gasteiger partial charge on any atom is -0.316 e. The number of hydrogen-bond acceptors (Lipinski definition) is 1. The van der Waals surface area contributed by atoms with Crippen molar-refractivity contribution >= 4 is 11.6 Å². The second kappa shape index (κ2) is 5.93. The van der Waals surface area contributed by atoms with E-state index in [0.29, 0.717) is 5.41 Å². The fourth-order valence-corrected chi connectivity index (χ4v) is 3.99. The van der Waals surface area contributed by atoms with Crippen LogP contribution in [-0.4, -0.2) is 19.0 Å². The van der Waals surface area contributed by atoms with Gasteiger partial charge in [0, 0.05) is 12.4 Å². The van der Waals surface area contributed by atoms with Crippen LogP contribution >= 0.6 is 11.6 Å². The summed E-state index contributed by atoms with van der Waals surface area (Å²) in [4.78, 5) is 0. The summed E-state index contributed by atoms with van der Waals surface area (Å²) in [5.74, 6) is 3.92. The molecule has 2 aliphatic carbocycles. The molecular formula is C15H28ClN. The summed E-state index contributed by atoms with van der Waals surface area (Å²) >= 11 is 5.77. The van der Waals surface area contributed by atoms with Crippen molar-refractivity contribution in [2.24, 2.45) is 23.2 Å². The Kier molecular flexibility index (Phi) is 4.77. The highest BCUT2D eigenvalue weighted by molar-refractivity contribution is 6.17. The molecule has 100 valence electrons. The molecule has 0 heterocycles. The average Bonchev–Trinajstić information content (AvgIpc) is 2.88. The molecular weight excluding hydrogens is 230 g/mol. The Balaban J connectivity index is 1.62. The van der Waals surface area contributed by atoms with Gasteiger partial charge in [-0.1, -0.05) is 20.3 Å². The molecule has 0 aliphatic heterocycles. The summed E-state index contributed by atoms with van der Waals surface area (Å²) in [6.45, 7) is 7.12. The van der Waals surface area contributed by atoms with Gasteiger partial charge >= 0.3 is 0 Å². The molecule has 2 fully saturated rings. The fourth-order valence-electron chi connectivity index (χ4n) is 3.86. The highest BCUT2D eigenvalue weighted by atomic mass is 35.5. The van der Waals surface area contributed by atoms with Crippen LogP contribution in [0.3, 0.4) is 0 Å². The second-order valence-electron chi connectivity index (χ2n) is 7.02. The Morgan fingerprint density at radius 3 is 2.65 bits per heavy atom. The van der Waals surface area contributed by atoms with Gasteiger partial charge in [-0.2, -0.15) is 0 Å². The summed E-state index contributed by atoms with van der Waals surface area (Å²) in [6, 6.07) is 0. The van der Waals surface area contributed by atoms with Gasteiger partial charge in [-0.15, -0.1) is 11.6 Å². The lowest BCUT2D eigenvalue weighted by Crippen LogP contribution is -2.34. The van der Waals surface area contributed by atoms with E-state index in [-0.39, 0.29) is 0 Å². The average molecular weight is 258 g/mol. The molecule has 2 bridgehead atoms. The van der Waals surface area contributed by atoms with Crippen LogP contribution in [0.15, 0.2) is 0 Å². The minimum absolute atomic E-state index is 0.409. The second-order valence-corrected chi connectivity index (χ2v) is 7.40. The Morgan fingerprint density at radius 2 is 2.06 bits per heavy atom. The van der Waals surface area contributed by atoms with Crippen molar-refractivity contribution in [2.75, 3.05) is 19.0 Å². The van der Waals surface area contributed by atoms with Crippen LogP contribution in [0.1, 0.15) is 52.4 Å². The first-order chi connectivity index (χ1) is 8.11. The van der Waals surface area contributed by atoms with Gasteiger partial charge in [-0.3, -0.25) is 0 Å². The first-order valence-electron chi connectivity index (χ1n) is 7.37. The molecule has 0 radical (unpaired) electrons. The molecule has 3 unspecified atom stereocenters. The van der Waals surface area contributed by atoms with Gasteiger partial charge in [0.05, 0.1) is 0 Å². The highest BCUT2D eigenvalue weighted by Gasteiger charge is 2.39. The van der Waals surface area contributed by atoms with Crippen LogP contribution in [0, 0.1) is 23.2 Å². The van der Waals surface area contributed by atoms with Gasteiger partial charge in [-0.25, -0.2) is 0 Å². The lowest BCUT2D eigenvalue weighted by atomic mass is 9.86. The number of rotatable bonds is 7. The van der Waals surface area contributed by atoms with Crippen molar-refractivity contribution in [1.29, 1.82) is 0 Å². The topological polar surface area (TPSA) is 12.0 Å². The third kappa shape index (κ3) is 3.86. The molecule has 17 heavy (non-hydrogen) atoms. The number of alkyl halides is 1. The lowest BCUT2D eigenvalue weighted by Gasteiger charge is -2.27. The van der Waals surface area contributed by atoms with Gasteiger partial charge < -0.3 is 5.32 Å². The number of fused-ring (bicyclic) bond motifs is 2. The van der Waals surface area contributed by atoms with E-state index < -0.39 is 0 Å². The minimum atomic E-state index is 0.409. The van der Waals surface area contributed by atoms with Crippen LogP contribution in [0.25, 0.3) is 0 Å². The van der Waals surface area contributed by atoms with Crippen LogP contribution in [0.5, 0.6) is 0 Å². The van der Waals surface area contributed by atoms with Gasteiger partial charge in [0.25, 0.3) is 0 Å². The van der Waals surface area contributed by atoms with Crippen molar-refractivity contribution in [3.8, 4) is 0 Å². The first-order valence-corrected chi connectivity index (χ1v) is 7.91. The highest BCUT2D eigenvalue weighted by Crippen LogP contribution is 2.47. The van der Waals surface area contributed by atoms with E-state index in [1.165, 1.54) is 38.6 Å². The summed E-state index contributed by atoms with van der Waals surface area (Å²) in [5.41, 5.74) is 0.409. The summed E-state index contributed by atoms with van der Waals surface area (Å²) < 4.78 is 0. The number of halogens is 1. The fraction of sp³-hybridized carbons (Fsp3) is 1.00. The summed E-state index contributed by atoms with van der Waals surface area (Å²) in [6.07, 6.45) is 8.43. The predicted octanol–water partition coefficient (Wildman–Crippen LogP) is 4.06. The van der Waals surface area contributed by atoms with Crippen molar-refractivity contribution in [3.63, 3.8) is 0 Å². The van der Waals surface area contributed by atoms with E-state index >= 15 is 0 Å². The molecule has 2 aliphatic rings. The molecule has 0 spiro atoms. The molecule has 3 atom stereocenters. The lowest BCUT2D eigenvalue weighted by molar-refractivity contribution is 0.272. The normalized spacial score (nSPS) is 32.3. The summed E-state index contributed by atoms with van der Waals surface area (Å²) in [7, 11) is 0. The van der Waals surface area contributed by atoms with E-state index in [0.717, 1.165) is 36.6 Å². The largest absolute Gasteiger partial charge is 0.316 e. The van der Waals surface area contributed by atoms with Crippen molar-refractivity contribution in [1.82, 2.24) is 5.32 Å². The molecule has 1 nitrogen and oxygen atoms in total. The van der Waals surface area contributed by atoms with Gasteiger partial charge in [-0.05, 0) is 61.8 Å². The Bertz CT molecular complexity index is 239. The smallest absolute Gasteiger partial charge is 0.0223 e. The quantitative estimate of drug-likeness (QED) is 0.679. The molecule has 2 rings (SSSR count). The third-order valence-electron chi connectivity index (χ3n) is 4.88. The maximum absolute atomic E-state index is 5.77. The molecule has 2 heteroatoms. The zero-order valence-electron chi connectivity index (χ0n) is 11.5. The SMILES string of the molecule is CC(C)(CCCCl)CNCC1CC2CCC1C2. The van der Waals surface area contributed by atoms with Crippen LogP contribution in [-0.2, 0) is 0 Å². The zero-order valence-corrected chi connectivity index (χ0v) is 12.2. The van der Waals surface area contributed by atoms with E-state index in [4.69, 9.17) is 11.6 Å². The molecule has 0 amide bonds. The molecule has 1 N–H and O–H groups in total. The van der Waals surface area contributed by atoms with Gasteiger partial charge in [0.2, 0.25) is 0 Å². The third-order valence-corrected chi connectivity index (χ3v) is 5.15. The van der Waals surface area contributed by atoms with Crippen molar-refractivity contribution < 1.29 is 0 Å². The molecule has 0 aromatic rings. The molecule has 0 aromatic heterocycles. The van der Waals surface area contributed by atoms with Gasteiger partial charge in [0.15, 0.2) is 0 Å². The van der Waals surface area contributed by atoms with Crippen LogP contribution in [0.2, 0.25) is 0 Å². The number of hydrogen-bond donors (Lipinski definition) is 1. The van der Waals surface area contributed by atoms with Crippen LogP contribution < -0.4 is 5.32 Å². The van der Waals surface area contributed by atoms with Crippen LogP contribution in [0.4, 0.5) is 0 Å². The Morgan fingerprint density at radius 1 is 1.24 bits per heavy atom. The summed E-state index contributed by atoms with van der Waals surface area (Å²) in [5, 5.41) is 3.72. The van der Waals surface area contributed by atoms with E-state index in [1.807, 2.05) is 0 Å². The maximum Gasteiger partial charge on any atom is 0.0223 e. The molecule has 0 aromatic carbocycles. The maximum atomic E-state index is 5.77. The zero-order chi connectivity index (χ0) is 12.3. The molecule has 0 saturated heterocycles. The monoisotopic (exact) mass is 257 g/mol. The van der Waals surface area contributed by atoms with E-state index in [1.54, 1.807) is 0 Å². The van der Waals surface area contributed by atoms with E-state index in [2.05, 4.69) is 19.2 Å².